The first kappa shape index (κ1) is 22.6. The Morgan fingerprint density at radius 3 is 2.42 bits per heavy atom. The molecule has 6 heteroatoms. The van der Waals surface area contributed by atoms with E-state index in [1.807, 2.05) is 85.8 Å². The molecule has 168 valence electrons. The lowest BCUT2D eigenvalue weighted by Crippen LogP contribution is -2.45. The summed E-state index contributed by atoms with van der Waals surface area (Å²) in [6.07, 6.45) is 0.887. The van der Waals surface area contributed by atoms with E-state index >= 15 is 0 Å². The summed E-state index contributed by atoms with van der Waals surface area (Å²) < 4.78 is 6.02. The van der Waals surface area contributed by atoms with E-state index in [9.17, 15) is 4.79 Å². The average molecular weight is 458 g/mol. The van der Waals surface area contributed by atoms with Crippen LogP contribution in [-0.2, 0) is 4.79 Å². The quantitative estimate of drug-likeness (QED) is 0.417. The standard InChI is InChI=1S/C27H27N3O2S/c1-3-17-32-22-12-8-7-11-21(22)25-23(26(31)28-20-15-13-18(2)14-16-20)24(29-27(33)30-25)19-9-5-4-6-10-19/h4-16,25H,3,17H2,1-2H3,(H,28,31)(H2,29,30,33). The van der Waals surface area contributed by atoms with Crippen LogP contribution in [0.25, 0.3) is 5.70 Å². The number of aryl methyl sites for hydroxylation is 1. The van der Waals surface area contributed by atoms with Gasteiger partial charge in [0.2, 0.25) is 0 Å². The summed E-state index contributed by atoms with van der Waals surface area (Å²) in [6.45, 7) is 4.67. The molecular weight excluding hydrogens is 430 g/mol. The van der Waals surface area contributed by atoms with E-state index in [1.165, 1.54) is 0 Å². The lowest BCUT2D eigenvalue weighted by atomic mass is 9.91. The van der Waals surface area contributed by atoms with Crippen LogP contribution in [0.1, 0.15) is 36.1 Å². The maximum Gasteiger partial charge on any atom is 0.256 e. The van der Waals surface area contributed by atoms with Gasteiger partial charge in [-0.05, 0) is 49.3 Å². The van der Waals surface area contributed by atoms with E-state index in [-0.39, 0.29) is 5.91 Å². The van der Waals surface area contributed by atoms with Gasteiger partial charge in [0.1, 0.15) is 5.75 Å². The van der Waals surface area contributed by atoms with E-state index < -0.39 is 6.04 Å². The van der Waals surface area contributed by atoms with Crippen LogP contribution in [0.5, 0.6) is 5.75 Å². The van der Waals surface area contributed by atoms with Gasteiger partial charge in [0.05, 0.1) is 23.9 Å². The van der Waals surface area contributed by atoms with Gasteiger partial charge in [-0.3, -0.25) is 4.79 Å². The first-order chi connectivity index (χ1) is 16.1. The van der Waals surface area contributed by atoms with Crippen molar-refractivity contribution < 1.29 is 9.53 Å². The van der Waals surface area contributed by atoms with Crippen molar-refractivity contribution in [3.05, 3.63) is 101 Å². The molecular formula is C27H27N3O2S. The third-order valence-electron chi connectivity index (χ3n) is 5.38. The number of ether oxygens (including phenoxy) is 1. The smallest absolute Gasteiger partial charge is 0.256 e. The Labute approximate surface area is 199 Å². The summed E-state index contributed by atoms with van der Waals surface area (Å²) in [6, 6.07) is 24.8. The molecule has 1 aliphatic rings. The highest BCUT2D eigenvalue weighted by atomic mass is 32.1. The number of hydrogen-bond acceptors (Lipinski definition) is 3. The maximum absolute atomic E-state index is 13.7. The van der Waals surface area contributed by atoms with Crippen LogP contribution in [-0.4, -0.2) is 17.6 Å². The SMILES string of the molecule is CCCOc1ccccc1C1NC(=S)NC(c2ccccc2)=C1C(=O)Nc1ccc(C)cc1. The molecule has 1 unspecified atom stereocenters. The Hall–Kier alpha value is -3.64. The highest BCUT2D eigenvalue weighted by Gasteiger charge is 2.33. The highest BCUT2D eigenvalue weighted by Crippen LogP contribution is 2.36. The Kier molecular flexibility index (Phi) is 7.05. The molecule has 0 aliphatic carbocycles. The Morgan fingerprint density at radius 1 is 1.00 bits per heavy atom. The number of amides is 1. The van der Waals surface area contributed by atoms with Crippen molar-refractivity contribution in [1.82, 2.24) is 10.6 Å². The zero-order valence-corrected chi connectivity index (χ0v) is 19.5. The van der Waals surface area contributed by atoms with Crippen molar-refractivity contribution >= 4 is 34.6 Å². The highest BCUT2D eigenvalue weighted by molar-refractivity contribution is 7.80. The third-order valence-corrected chi connectivity index (χ3v) is 5.60. The van der Waals surface area contributed by atoms with Gasteiger partial charge in [-0.1, -0.05) is 73.2 Å². The van der Waals surface area contributed by atoms with Crippen LogP contribution in [0.15, 0.2) is 84.4 Å². The van der Waals surface area contributed by atoms with E-state index in [2.05, 4.69) is 22.9 Å². The van der Waals surface area contributed by atoms with Crippen molar-refractivity contribution in [2.24, 2.45) is 0 Å². The fourth-order valence-corrected chi connectivity index (χ4v) is 3.99. The first-order valence-corrected chi connectivity index (χ1v) is 11.4. The predicted octanol–water partition coefficient (Wildman–Crippen LogP) is 5.35. The van der Waals surface area contributed by atoms with Gasteiger partial charge in [0.15, 0.2) is 5.11 Å². The molecule has 0 saturated carbocycles. The van der Waals surface area contributed by atoms with Gasteiger partial charge in [-0.2, -0.15) is 0 Å². The minimum Gasteiger partial charge on any atom is -0.493 e. The minimum atomic E-state index is -0.479. The van der Waals surface area contributed by atoms with E-state index in [4.69, 9.17) is 17.0 Å². The van der Waals surface area contributed by atoms with Crippen LogP contribution in [0, 0.1) is 6.92 Å². The second-order valence-electron chi connectivity index (χ2n) is 7.89. The van der Waals surface area contributed by atoms with Crippen LogP contribution in [0.3, 0.4) is 0 Å². The maximum atomic E-state index is 13.7. The molecule has 1 aliphatic heterocycles. The van der Waals surface area contributed by atoms with Crippen molar-refractivity contribution in [2.45, 2.75) is 26.3 Å². The largest absolute Gasteiger partial charge is 0.493 e. The molecule has 0 radical (unpaired) electrons. The number of para-hydroxylation sites is 1. The monoisotopic (exact) mass is 457 g/mol. The Morgan fingerprint density at radius 2 is 1.70 bits per heavy atom. The summed E-state index contributed by atoms with van der Waals surface area (Å²) in [5.41, 5.74) is 4.82. The number of carbonyl (C=O) groups is 1. The second kappa shape index (κ2) is 10.3. The molecule has 1 atom stereocenters. The molecule has 3 aromatic rings. The second-order valence-corrected chi connectivity index (χ2v) is 8.30. The molecule has 4 rings (SSSR count). The first-order valence-electron chi connectivity index (χ1n) is 11.0. The lowest BCUT2D eigenvalue weighted by Gasteiger charge is -2.32. The summed E-state index contributed by atoms with van der Waals surface area (Å²) in [4.78, 5) is 13.7. The molecule has 0 aromatic heterocycles. The predicted molar refractivity (Wildman–Crippen MR) is 137 cm³/mol. The van der Waals surface area contributed by atoms with Crippen molar-refractivity contribution in [1.29, 1.82) is 0 Å². The molecule has 3 aromatic carbocycles. The van der Waals surface area contributed by atoms with Crippen LogP contribution < -0.4 is 20.7 Å². The molecule has 33 heavy (non-hydrogen) atoms. The van der Waals surface area contributed by atoms with Crippen molar-refractivity contribution in [2.75, 3.05) is 11.9 Å². The van der Waals surface area contributed by atoms with Gasteiger partial charge in [-0.25, -0.2) is 0 Å². The molecule has 0 bridgehead atoms. The van der Waals surface area contributed by atoms with Gasteiger partial charge in [-0.15, -0.1) is 0 Å². The fraction of sp³-hybridized carbons (Fsp3) is 0.185. The molecule has 3 N–H and O–H groups in total. The zero-order chi connectivity index (χ0) is 23.2. The number of benzene rings is 3. The molecule has 1 amide bonds. The lowest BCUT2D eigenvalue weighted by molar-refractivity contribution is -0.113. The average Bonchev–Trinajstić information content (AvgIpc) is 2.84. The van der Waals surface area contributed by atoms with Gasteiger partial charge >= 0.3 is 0 Å². The number of nitrogens with one attached hydrogen (secondary N) is 3. The molecule has 1 heterocycles. The van der Waals surface area contributed by atoms with E-state index in [0.29, 0.717) is 23.0 Å². The Balaban J connectivity index is 1.83. The van der Waals surface area contributed by atoms with Crippen LogP contribution in [0.4, 0.5) is 5.69 Å². The van der Waals surface area contributed by atoms with E-state index in [1.54, 1.807) is 0 Å². The molecule has 5 nitrogen and oxygen atoms in total. The molecule has 0 fully saturated rings. The van der Waals surface area contributed by atoms with Gasteiger partial charge in [0.25, 0.3) is 5.91 Å². The molecule has 0 saturated heterocycles. The van der Waals surface area contributed by atoms with Gasteiger partial charge < -0.3 is 20.7 Å². The van der Waals surface area contributed by atoms with Crippen LogP contribution in [0.2, 0.25) is 0 Å². The van der Waals surface area contributed by atoms with Crippen molar-refractivity contribution in [3.63, 3.8) is 0 Å². The summed E-state index contributed by atoms with van der Waals surface area (Å²) >= 11 is 5.55. The number of hydrogen-bond donors (Lipinski definition) is 3. The topological polar surface area (TPSA) is 62.4 Å². The fourth-order valence-electron chi connectivity index (χ4n) is 3.77. The summed E-state index contributed by atoms with van der Waals surface area (Å²) in [7, 11) is 0. The summed E-state index contributed by atoms with van der Waals surface area (Å²) in [5, 5.41) is 10.0. The Bertz CT molecular complexity index is 1170. The normalized spacial score (nSPS) is 15.5. The zero-order valence-electron chi connectivity index (χ0n) is 18.7. The number of rotatable bonds is 7. The molecule has 0 spiro atoms. The van der Waals surface area contributed by atoms with Crippen molar-refractivity contribution in [3.8, 4) is 5.75 Å². The van der Waals surface area contributed by atoms with E-state index in [0.717, 1.165) is 34.5 Å². The number of carbonyl (C=O) groups excluding carboxylic acids is 1. The number of anilines is 1. The third kappa shape index (κ3) is 5.23. The number of thiocarbonyl (C=S) groups is 1. The van der Waals surface area contributed by atoms with Gasteiger partial charge in [0, 0.05) is 11.3 Å². The minimum absolute atomic E-state index is 0.212. The van der Waals surface area contributed by atoms with Crippen LogP contribution >= 0.6 is 12.2 Å². The summed E-state index contributed by atoms with van der Waals surface area (Å²) in [5.74, 6) is 0.519.